The molecular formula is C23H15F3N2O3. The summed E-state index contributed by atoms with van der Waals surface area (Å²) in [6, 6.07) is 8.66. The van der Waals surface area contributed by atoms with Crippen LogP contribution in [0.3, 0.4) is 0 Å². The van der Waals surface area contributed by atoms with Gasteiger partial charge in [-0.15, -0.1) is 0 Å². The van der Waals surface area contributed by atoms with Crippen LogP contribution >= 0.6 is 0 Å². The first-order chi connectivity index (χ1) is 14.7. The van der Waals surface area contributed by atoms with E-state index in [1.807, 2.05) is 0 Å². The number of aromatic nitrogens is 2. The van der Waals surface area contributed by atoms with Gasteiger partial charge < -0.3 is 9.67 Å². The van der Waals surface area contributed by atoms with Crippen molar-refractivity contribution in [1.29, 1.82) is 0 Å². The zero-order valence-corrected chi connectivity index (χ0v) is 16.4. The summed E-state index contributed by atoms with van der Waals surface area (Å²) in [5.41, 5.74) is -0.859. The second-order valence-electron chi connectivity index (χ2n) is 7.11. The van der Waals surface area contributed by atoms with E-state index in [-0.39, 0.29) is 22.3 Å². The molecule has 0 saturated heterocycles. The molecular weight excluding hydrogens is 409 g/mol. The lowest BCUT2D eigenvalue weighted by Crippen LogP contribution is -2.19. The summed E-state index contributed by atoms with van der Waals surface area (Å²) in [7, 11) is 0. The molecule has 2 heterocycles. The van der Waals surface area contributed by atoms with Crippen LogP contribution in [0.1, 0.15) is 21.7 Å². The lowest BCUT2D eigenvalue weighted by molar-refractivity contribution is 0.0695. The molecule has 1 N–H and O–H groups in total. The number of benzene rings is 2. The van der Waals surface area contributed by atoms with Crippen LogP contribution in [0.25, 0.3) is 27.7 Å². The molecule has 2 aromatic heterocycles. The number of hydrogen-bond acceptors (Lipinski definition) is 3. The maximum atomic E-state index is 15.8. The minimum absolute atomic E-state index is 0.201. The van der Waals surface area contributed by atoms with Gasteiger partial charge in [-0.25, -0.2) is 18.0 Å². The van der Waals surface area contributed by atoms with Crippen molar-refractivity contribution >= 4 is 16.9 Å². The first kappa shape index (κ1) is 20.3. The molecule has 2 aromatic carbocycles. The summed E-state index contributed by atoms with van der Waals surface area (Å²) in [4.78, 5) is 28.4. The monoisotopic (exact) mass is 424 g/mol. The van der Waals surface area contributed by atoms with Crippen LogP contribution in [0, 0.1) is 31.3 Å². The van der Waals surface area contributed by atoms with E-state index in [0.717, 1.165) is 29.0 Å². The van der Waals surface area contributed by atoms with Gasteiger partial charge >= 0.3 is 5.97 Å². The number of carboxylic acids is 1. The van der Waals surface area contributed by atoms with Gasteiger partial charge in [-0.1, -0.05) is 0 Å². The van der Waals surface area contributed by atoms with Crippen molar-refractivity contribution < 1.29 is 23.1 Å². The van der Waals surface area contributed by atoms with E-state index in [1.165, 1.54) is 24.3 Å². The van der Waals surface area contributed by atoms with Crippen molar-refractivity contribution in [2.24, 2.45) is 0 Å². The topological polar surface area (TPSA) is 72.2 Å². The number of carboxylic acid groups (broad SMARTS) is 1. The normalized spacial score (nSPS) is 11.1. The van der Waals surface area contributed by atoms with Gasteiger partial charge in [0.25, 0.3) is 0 Å². The highest BCUT2D eigenvalue weighted by Gasteiger charge is 2.23. The number of pyridine rings is 2. The van der Waals surface area contributed by atoms with E-state index in [2.05, 4.69) is 4.98 Å². The molecule has 0 saturated carbocycles. The van der Waals surface area contributed by atoms with Crippen LogP contribution < -0.4 is 5.43 Å². The zero-order valence-electron chi connectivity index (χ0n) is 16.4. The predicted molar refractivity (Wildman–Crippen MR) is 109 cm³/mol. The number of fused-ring (bicyclic) bond motifs is 1. The minimum Gasteiger partial charge on any atom is -0.477 e. The van der Waals surface area contributed by atoms with E-state index in [0.29, 0.717) is 11.4 Å². The number of carbonyl (C=O) groups is 1. The Labute approximate surface area is 174 Å². The Kier molecular flexibility index (Phi) is 4.85. The number of rotatable bonds is 3. The van der Waals surface area contributed by atoms with Gasteiger partial charge in [-0.05, 0) is 61.9 Å². The Hall–Kier alpha value is -3.94. The third kappa shape index (κ3) is 3.46. The molecule has 0 bridgehead atoms. The number of aryl methyl sites for hydroxylation is 2. The van der Waals surface area contributed by atoms with Crippen molar-refractivity contribution in [2.45, 2.75) is 13.8 Å². The molecule has 0 amide bonds. The highest BCUT2D eigenvalue weighted by Crippen LogP contribution is 2.33. The Morgan fingerprint density at radius 1 is 1.00 bits per heavy atom. The van der Waals surface area contributed by atoms with E-state index in [9.17, 15) is 19.1 Å². The van der Waals surface area contributed by atoms with Gasteiger partial charge in [0.1, 0.15) is 17.2 Å². The molecule has 0 aliphatic rings. The fourth-order valence-electron chi connectivity index (χ4n) is 3.62. The number of halogens is 3. The summed E-state index contributed by atoms with van der Waals surface area (Å²) in [5, 5.41) is 8.97. The molecule has 0 aliphatic carbocycles. The van der Waals surface area contributed by atoms with Crippen LogP contribution in [0.4, 0.5) is 13.2 Å². The Bertz CT molecular complexity index is 1410. The summed E-state index contributed by atoms with van der Waals surface area (Å²) >= 11 is 0. The number of hydrogen-bond donors (Lipinski definition) is 1. The summed E-state index contributed by atoms with van der Waals surface area (Å²) < 4.78 is 45.3. The third-order valence-corrected chi connectivity index (χ3v) is 4.89. The molecule has 4 rings (SSSR count). The second-order valence-corrected chi connectivity index (χ2v) is 7.11. The maximum absolute atomic E-state index is 15.8. The third-order valence-electron chi connectivity index (χ3n) is 4.89. The second kappa shape index (κ2) is 7.39. The van der Waals surface area contributed by atoms with Crippen molar-refractivity contribution in [3.05, 3.63) is 93.3 Å². The molecule has 0 fully saturated rings. The molecule has 8 heteroatoms. The molecule has 4 aromatic rings. The average Bonchev–Trinajstić information content (AvgIpc) is 2.68. The Morgan fingerprint density at radius 2 is 1.61 bits per heavy atom. The van der Waals surface area contributed by atoms with E-state index in [1.54, 1.807) is 13.8 Å². The Balaban J connectivity index is 2.17. The minimum atomic E-state index is -1.55. The van der Waals surface area contributed by atoms with Crippen molar-refractivity contribution in [2.75, 3.05) is 0 Å². The zero-order chi connectivity index (χ0) is 22.4. The molecule has 5 nitrogen and oxygen atoms in total. The van der Waals surface area contributed by atoms with Gasteiger partial charge in [0.15, 0.2) is 5.82 Å². The van der Waals surface area contributed by atoms with E-state index < -0.39 is 39.8 Å². The SMILES string of the molecule is Cc1cc(-c2c(F)cc3c(=O)c(C(=O)O)cn(-c4ccc(F)cc4)c3c2F)cc(C)n1. The lowest BCUT2D eigenvalue weighted by Gasteiger charge is -2.16. The van der Waals surface area contributed by atoms with E-state index in [4.69, 9.17) is 0 Å². The smallest absolute Gasteiger partial charge is 0.341 e. The summed E-state index contributed by atoms with van der Waals surface area (Å²) in [6.45, 7) is 3.36. The largest absolute Gasteiger partial charge is 0.477 e. The number of aromatic carboxylic acids is 1. The van der Waals surface area contributed by atoms with Crippen LogP contribution in [-0.2, 0) is 0 Å². The molecule has 31 heavy (non-hydrogen) atoms. The maximum Gasteiger partial charge on any atom is 0.341 e. The van der Waals surface area contributed by atoms with Crippen LogP contribution in [0.15, 0.2) is 53.5 Å². The lowest BCUT2D eigenvalue weighted by atomic mass is 10.00. The first-order valence-corrected chi connectivity index (χ1v) is 9.19. The van der Waals surface area contributed by atoms with E-state index >= 15 is 8.78 Å². The molecule has 0 unspecified atom stereocenters. The molecule has 0 spiro atoms. The fourth-order valence-corrected chi connectivity index (χ4v) is 3.62. The van der Waals surface area contributed by atoms with Gasteiger partial charge in [0, 0.05) is 23.3 Å². The standard InChI is InChI=1S/C23H15F3N2O3/c1-11-7-13(8-12(2)27-11)19-18(25)9-16-21(20(19)26)28(10-17(22(16)29)23(30)31)15-5-3-14(24)4-6-15/h3-10H,1-2H3,(H,30,31). The van der Waals surface area contributed by atoms with Crippen molar-refractivity contribution in [1.82, 2.24) is 9.55 Å². The van der Waals surface area contributed by atoms with Crippen molar-refractivity contribution in [3.8, 4) is 16.8 Å². The Morgan fingerprint density at radius 3 is 2.19 bits per heavy atom. The van der Waals surface area contributed by atoms with Crippen LogP contribution in [0.2, 0.25) is 0 Å². The highest BCUT2D eigenvalue weighted by molar-refractivity contribution is 5.95. The number of nitrogens with zero attached hydrogens (tertiary/aromatic N) is 2. The van der Waals surface area contributed by atoms with Gasteiger partial charge in [0.05, 0.1) is 16.5 Å². The molecule has 0 atom stereocenters. The molecule has 156 valence electrons. The molecule has 0 aliphatic heterocycles. The van der Waals surface area contributed by atoms with Crippen LogP contribution in [-0.4, -0.2) is 20.6 Å². The predicted octanol–water partition coefficient (Wildman–Crippen LogP) is 4.79. The summed E-state index contributed by atoms with van der Waals surface area (Å²) in [5.74, 6) is -4.16. The van der Waals surface area contributed by atoms with Gasteiger partial charge in [0.2, 0.25) is 5.43 Å². The molecule has 0 radical (unpaired) electrons. The quantitative estimate of drug-likeness (QED) is 0.514. The summed E-state index contributed by atoms with van der Waals surface area (Å²) in [6.07, 6.45) is 0.952. The van der Waals surface area contributed by atoms with Gasteiger partial charge in [-0.3, -0.25) is 9.78 Å². The fraction of sp³-hybridized carbons (Fsp3) is 0.0870. The first-order valence-electron chi connectivity index (χ1n) is 9.19. The average molecular weight is 424 g/mol. The van der Waals surface area contributed by atoms with Gasteiger partial charge in [-0.2, -0.15) is 0 Å². The van der Waals surface area contributed by atoms with Crippen molar-refractivity contribution in [3.63, 3.8) is 0 Å². The van der Waals surface area contributed by atoms with Crippen LogP contribution in [0.5, 0.6) is 0 Å². The highest BCUT2D eigenvalue weighted by atomic mass is 19.1.